The van der Waals surface area contributed by atoms with Gasteiger partial charge in [-0.2, -0.15) is 0 Å². The SMILES string of the molecule is CC(=O)N1CCC[C@@H]1C(=O)N1CCCCCC(NC(=O)c2cccc(C(N)=O)c2)C1. The zero-order chi connectivity index (χ0) is 21.7. The number of carbonyl (C=O) groups is 4. The van der Waals surface area contributed by atoms with E-state index in [-0.39, 0.29) is 29.3 Å². The summed E-state index contributed by atoms with van der Waals surface area (Å²) in [6.07, 6.45) is 5.16. The summed E-state index contributed by atoms with van der Waals surface area (Å²) < 4.78 is 0. The van der Waals surface area contributed by atoms with Gasteiger partial charge in [0.05, 0.1) is 0 Å². The van der Waals surface area contributed by atoms with Gasteiger partial charge in [-0.05, 0) is 43.9 Å². The van der Waals surface area contributed by atoms with Crippen molar-refractivity contribution in [3.63, 3.8) is 0 Å². The second kappa shape index (κ2) is 9.73. The summed E-state index contributed by atoms with van der Waals surface area (Å²) >= 11 is 0. The van der Waals surface area contributed by atoms with Gasteiger partial charge in [0.1, 0.15) is 6.04 Å². The molecule has 2 atom stereocenters. The largest absolute Gasteiger partial charge is 0.366 e. The van der Waals surface area contributed by atoms with Crippen LogP contribution < -0.4 is 11.1 Å². The minimum Gasteiger partial charge on any atom is -0.366 e. The Morgan fingerprint density at radius 2 is 1.77 bits per heavy atom. The fourth-order valence-electron chi connectivity index (χ4n) is 4.33. The molecule has 1 unspecified atom stereocenters. The van der Waals surface area contributed by atoms with E-state index < -0.39 is 11.9 Å². The second-order valence-corrected chi connectivity index (χ2v) is 8.12. The third-order valence-corrected chi connectivity index (χ3v) is 5.92. The minimum atomic E-state index is -0.584. The van der Waals surface area contributed by atoms with Crippen LogP contribution in [0.25, 0.3) is 0 Å². The van der Waals surface area contributed by atoms with Crippen LogP contribution in [-0.4, -0.2) is 65.1 Å². The smallest absolute Gasteiger partial charge is 0.251 e. The average molecular weight is 415 g/mol. The molecule has 30 heavy (non-hydrogen) atoms. The lowest BCUT2D eigenvalue weighted by Crippen LogP contribution is -2.52. The van der Waals surface area contributed by atoms with Gasteiger partial charge in [-0.3, -0.25) is 19.2 Å². The van der Waals surface area contributed by atoms with E-state index in [9.17, 15) is 19.2 Å². The summed E-state index contributed by atoms with van der Waals surface area (Å²) in [5, 5.41) is 3.01. The van der Waals surface area contributed by atoms with Crippen molar-refractivity contribution in [2.24, 2.45) is 5.73 Å². The summed E-state index contributed by atoms with van der Waals surface area (Å²) in [5.41, 5.74) is 5.95. The Morgan fingerprint density at radius 3 is 2.50 bits per heavy atom. The number of nitrogens with zero attached hydrogens (tertiary/aromatic N) is 2. The van der Waals surface area contributed by atoms with Crippen LogP contribution in [0.5, 0.6) is 0 Å². The van der Waals surface area contributed by atoms with Gasteiger partial charge in [-0.15, -0.1) is 0 Å². The number of primary amides is 1. The molecule has 0 bridgehead atoms. The molecule has 2 heterocycles. The van der Waals surface area contributed by atoms with Gasteiger partial charge >= 0.3 is 0 Å². The zero-order valence-corrected chi connectivity index (χ0v) is 17.4. The molecule has 3 rings (SSSR count). The Hall–Kier alpha value is -2.90. The van der Waals surface area contributed by atoms with Crippen molar-refractivity contribution in [1.82, 2.24) is 15.1 Å². The van der Waals surface area contributed by atoms with E-state index in [1.54, 1.807) is 28.0 Å². The van der Waals surface area contributed by atoms with E-state index in [1.807, 2.05) is 0 Å². The number of likely N-dealkylation sites (tertiary alicyclic amines) is 2. The van der Waals surface area contributed by atoms with E-state index in [0.29, 0.717) is 31.6 Å². The predicted octanol–water partition coefficient (Wildman–Crippen LogP) is 1.30. The summed E-state index contributed by atoms with van der Waals surface area (Å²) in [4.78, 5) is 52.6. The molecule has 162 valence electrons. The number of hydrogen-bond donors (Lipinski definition) is 2. The van der Waals surface area contributed by atoms with Crippen LogP contribution in [-0.2, 0) is 9.59 Å². The highest BCUT2D eigenvalue weighted by Gasteiger charge is 2.36. The molecule has 0 spiro atoms. The summed E-state index contributed by atoms with van der Waals surface area (Å²) in [6, 6.07) is 5.72. The van der Waals surface area contributed by atoms with Crippen molar-refractivity contribution < 1.29 is 19.2 Å². The van der Waals surface area contributed by atoms with Gasteiger partial charge in [0.25, 0.3) is 5.91 Å². The molecular weight excluding hydrogens is 384 g/mol. The molecule has 8 heteroatoms. The molecule has 2 aliphatic heterocycles. The lowest BCUT2D eigenvalue weighted by molar-refractivity contribution is -0.143. The van der Waals surface area contributed by atoms with E-state index >= 15 is 0 Å². The van der Waals surface area contributed by atoms with Crippen molar-refractivity contribution in [1.29, 1.82) is 0 Å². The lowest BCUT2D eigenvalue weighted by atomic mass is 10.0. The maximum absolute atomic E-state index is 13.2. The molecule has 1 aromatic rings. The van der Waals surface area contributed by atoms with Crippen molar-refractivity contribution >= 4 is 23.6 Å². The van der Waals surface area contributed by atoms with Gasteiger partial charge < -0.3 is 20.9 Å². The van der Waals surface area contributed by atoms with Crippen LogP contribution in [0.2, 0.25) is 0 Å². The van der Waals surface area contributed by atoms with E-state index in [0.717, 1.165) is 32.1 Å². The summed E-state index contributed by atoms with van der Waals surface area (Å²) in [7, 11) is 0. The highest BCUT2D eigenvalue weighted by molar-refractivity contribution is 5.99. The van der Waals surface area contributed by atoms with Gasteiger partial charge in [-0.25, -0.2) is 0 Å². The zero-order valence-electron chi connectivity index (χ0n) is 17.4. The Bertz CT molecular complexity index is 825. The van der Waals surface area contributed by atoms with Crippen molar-refractivity contribution in [3.05, 3.63) is 35.4 Å². The molecule has 8 nitrogen and oxygen atoms in total. The van der Waals surface area contributed by atoms with Crippen molar-refractivity contribution in [2.45, 2.75) is 57.5 Å². The van der Waals surface area contributed by atoms with E-state index in [2.05, 4.69) is 5.32 Å². The molecule has 1 aromatic carbocycles. The predicted molar refractivity (Wildman–Crippen MR) is 112 cm³/mol. The summed E-state index contributed by atoms with van der Waals surface area (Å²) in [6.45, 7) is 3.17. The van der Waals surface area contributed by atoms with Crippen LogP contribution in [0.3, 0.4) is 0 Å². The highest BCUT2D eigenvalue weighted by Crippen LogP contribution is 2.21. The molecule has 2 fully saturated rings. The van der Waals surface area contributed by atoms with Crippen molar-refractivity contribution in [2.75, 3.05) is 19.6 Å². The number of amides is 4. The second-order valence-electron chi connectivity index (χ2n) is 8.12. The number of nitrogens with one attached hydrogen (secondary N) is 1. The van der Waals surface area contributed by atoms with Crippen LogP contribution >= 0.6 is 0 Å². The molecule has 2 aliphatic rings. The normalized spacial score (nSPS) is 22.2. The van der Waals surface area contributed by atoms with Gasteiger partial charge in [-0.1, -0.05) is 18.9 Å². The first-order chi connectivity index (χ1) is 14.4. The maximum Gasteiger partial charge on any atom is 0.251 e. The highest BCUT2D eigenvalue weighted by atomic mass is 16.2. The fourth-order valence-corrected chi connectivity index (χ4v) is 4.33. The summed E-state index contributed by atoms with van der Waals surface area (Å²) in [5.74, 6) is -0.974. The number of rotatable bonds is 4. The first-order valence-corrected chi connectivity index (χ1v) is 10.6. The monoisotopic (exact) mass is 414 g/mol. The molecule has 3 N–H and O–H groups in total. The van der Waals surface area contributed by atoms with Crippen LogP contribution in [0.1, 0.15) is 66.2 Å². The van der Waals surface area contributed by atoms with Crippen molar-refractivity contribution in [3.8, 4) is 0 Å². The van der Waals surface area contributed by atoms with Gasteiger partial charge in [0.2, 0.25) is 17.7 Å². The minimum absolute atomic E-state index is 0.0282. The third-order valence-electron chi connectivity index (χ3n) is 5.92. The number of carbonyl (C=O) groups excluding carboxylic acids is 4. The Kier molecular flexibility index (Phi) is 7.07. The third kappa shape index (κ3) is 5.17. The molecule has 2 saturated heterocycles. The van der Waals surface area contributed by atoms with Gasteiger partial charge in [0, 0.05) is 43.7 Å². The Labute approximate surface area is 176 Å². The molecule has 0 aromatic heterocycles. The topological polar surface area (TPSA) is 113 Å². The Balaban J connectivity index is 1.69. The van der Waals surface area contributed by atoms with Crippen LogP contribution in [0.15, 0.2) is 24.3 Å². The van der Waals surface area contributed by atoms with E-state index in [1.165, 1.54) is 13.0 Å². The molecule has 0 saturated carbocycles. The van der Waals surface area contributed by atoms with Gasteiger partial charge in [0.15, 0.2) is 0 Å². The number of hydrogen-bond acceptors (Lipinski definition) is 4. The number of benzene rings is 1. The average Bonchev–Trinajstić information content (AvgIpc) is 3.19. The van der Waals surface area contributed by atoms with Crippen LogP contribution in [0, 0.1) is 0 Å². The lowest BCUT2D eigenvalue weighted by Gasteiger charge is -2.34. The maximum atomic E-state index is 13.2. The molecule has 0 radical (unpaired) electrons. The molecule has 0 aliphatic carbocycles. The quantitative estimate of drug-likeness (QED) is 0.773. The standard InChI is InChI=1S/C22H30N4O4/c1-15(27)26-12-6-10-19(26)22(30)25-11-4-2-3-9-18(14-25)24-21(29)17-8-5-7-16(13-17)20(23)28/h5,7-8,13,18-19H,2-4,6,9-12,14H2,1H3,(H2,23,28)(H,24,29)/t18?,19-/m1/s1. The van der Waals surface area contributed by atoms with Crippen LogP contribution in [0.4, 0.5) is 0 Å². The molecule has 4 amide bonds. The molecular formula is C22H30N4O4. The number of nitrogens with two attached hydrogens (primary N) is 1. The Morgan fingerprint density at radius 1 is 1.00 bits per heavy atom. The van der Waals surface area contributed by atoms with E-state index in [4.69, 9.17) is 5.73 Å². The fraction of sp³-hybridized carbons (Fsp3) is 0.545. The first kappa shape index (κ1) is 21.8. The first-order valence-electron chi connectivity index (χ1n) is 10.6.